The van der Waals surface area contributed by atoms with Gasteiger partial charge in [-0.1, -0.05) is 0 Å². The van der Waals surface area contributed by atoms with Gasteiger partial charge < -0.3 is 10.2 Å². The number of rotatable bonds is 4. The number of likely N-dealkylation sites (tertiary alicyclic amines) is 1. The van der Waals surface area contributed by atoms with Crippen molar-refractivity contribution in [1.82, 2.24) is 20.0 Å². The van der Waals surface area contributed by atoms with E-state index in [2.05, 4.69) is 34.2 Å². The molecular weight excluding hydrogens is 320 g/mol. The second-order valence-corrected chi connectivity index (χ2v) is 7.35. The van der Waals surface area contributed by atoms with Crippen LogP contribution in [0.1, 0.15) is 41.3 Å². The zero-order valence-electron chi connectivity index (χ0n) is 14.7. The van der Waals surface area contributed by atoms with E-state index in [1.807, 2.05) is 23.6 Å². The number of amides is 2. The molecule has 0 aliphatic carbocycles. The number of aryl methyl sites for hydroxylation is 2. The summed E-state index contributed by atoms with van der Waals surface area (Å²) in [5.74, 6) is 0.612. The predicted molar refractivity (Wildman–Crippen MR) is 97.7 cm³/mol. The molecule has 2 aromatic heterocycles. The van der Waals surface area contributed by atoms with Gasteiger partial charge >= 0.3 is 6.03 Å². The maximum Gasteiger partial charge on any atom is 0.317 e. The molecule has 1 saturated heterocycles. The Morgan fingerprint density at radius 1 is 1.38 bits per heavy atom. The number of carbonyl (C=O) groups is 1. The Kier molecular flexibility index (Phi) is 5.23. The average Bonchev–Trinajstić information content (AvgIpc) is 3.19. The fourth-order valence-electron chi connectivity index (χ4n) is 3.51. The molecule has 130 valence electrons. The van der Waals surface area contributed by atoms with Crippen LogP contribution in [0.25, 0.3) is 0 Å². The summed E-state index contributed by atoms with van der Waals surface area (Å²) >= 11 is 1.75. The van der Waals surface area contributed by atoms with E-state index in [0.717, 1.165) is 38.0 Å². The van der Waals surface area contributed by atoms with Crippen LogP contribution in [0.2, 0.25) is 0 Å². The van der Waals surface area contributed by atoms with Gasteiger partial charge in [0.05, 0.1) is 5.69 Å². The fraction of sp³-hybridized carbons (Fsp3) is 0.556. The van der Waals surface area contributed by atoms with Gasteiger partial charge in [0.15, 0.2) is 0 Å². The topological polar surface area (TPSA) is 50.2 Å². The van der Waals surface area contributed by atoms with Gasteiger partial charge in [0, 0.05) is 32.4 Å². The first-order valence-electron chi connectivity index (χ1n) is 8.60. The van der Waals surface area contributed by atoms with Crippen molar-refractivity contribution >= 4 is 17.4 Å². The summed E-state index contributed by atoms with van der Waals surface area (Å²) < 4.78 is 1.90. The third kappa shape index (κ3) is 3.64. The molecule has 0 saturated carbocycles. The Morgan fingerprint density at radius 2 is 2.12 bits per heavy atom. The summed E-state index contributed by atoms with van der Waals surface area (Å²) in [4.78, 5) is 14.3. The van der Waals surface area contributed by atoms with Crippen molar-refractivity contribution in [3.05, 3.63) is 39.3 Å². The van der Waals surface area contributed by atoms with Crippen molar-refractivity contribution in [1.29, 1.82) is 0 Å². The van der Waals surface area contributed by atoms with Crippen LogP contribution in [0.15, 0.2) is 16.8 Å². The van der Waals surface area contributed by atoms with Crippen LogP contribution in [0, 0.1) is 13.8 Å². The lowest BCUT2D eigenvalue weighted by Crippen LogP contribution is -2.44. The summed E-state index contributed by atoms with van der Waals surface area (Å²) in [6.07, 6.45) is 2.96. The molecule has 24 heavy (non-hydrogen) atoms. The van der Waals surface area contributed by atoms with E-state index < -0.39 is 0 Å². The lowest BCUT2D eigenvalue weighted by Gasteiger charge is -2.31. The molecule has 0 atom stereocenters. The van der Waals surface area contributed by atoms with Crippen LogP contribution in [0.5, 0.6) is 0 Å². The second-order valence-electron chi connectivity index (χ2n) is 6.57. The number of thiophene rings is 1. The summed E-state index contributed by atoms with van der Waals surface area (Å²) in [7, 11) is 1.96. The van der Waals surface area contributed by atoms with E-state index >= 15 is 0 Å². The first kappa shape index (κ1) is 17.0. The highest BCUT2D eigenvalue weighted by Gasteiger charge is 2.23. The van der Waals surface area contributed by atoms with Crippen molar-refractivity contribution in [2.45, 2.75) is 39.0 Å². The zero-order chi connectivity index (χ0) is 17.1. The molecule has 0 radical (unpaired) electrons. The van der Waals surface area contributed by atoms with E-state index in [1.54, 1.807) is 11.3 Å². The number of nitrogens with zero attached hydrogens (tertiary/aromatic N) is 3. The Morgan fingerprint density at radius 3 is 2.71 bits per heavy atom. The molecule has 1 aliphatic heterocycles. The number of aromatic nitrogens is 2. The van der Waals surface area contributed by atoms with Crippen molar-refractivity contribution < 1.29 is 4.79 Å². The Balaban J connectivity index is 1.45. The molecule has 1 fully saturated rings. The van der Waals surface area contributed by atoms with Gasteiger partial charge in [-0.25, -0.2) is 4.79 Å². The molecular formula is C18H26N4OS. The van der Waals surface area contributed by atoms with Crippen molar-refractivity contribution in [3.63, 3.8) is 0 Å². The van der Waals surface area contributed by atoms with E-state index in [1.165, 1.54) is 16.8 Å². The molecule has 5 nitrogen and oxygen atoms in total. The quantitative estimate of drug-likeness (QED) is 0.924. The monoisotopic (exact) mass is 346 g/mol. The van der Waals surface area contributed by atoms with E-state index in [-0.39, 0.29) is 6.03 Å². The first-order chi connectivity index (χ1) is 11.6. The molecule has 3 heterocycles. The molecule has 0 unspecified atom stereocenters. The Bertz CT molecular complexity index is 684. The van der Waals surface area contributed by atoms with Gasteiger partial charge in [0.25, 0.3) is 0 Å². The van der Waals surface area contributed by atoms with E-state index in [4.69, 9.17) is 0 Å². The van der Waals surface area contributed by atoms with Crippen molar-refractivity contribution in [2.24, 2.45) is 7.05 Å². The highest BCUT2D eigenvalue weighted by atomic mass is 32.1. The Labute approximate surface area is 147 Å². The summed E-state index contributed by atoms with van der Waals surface area (Å²) in [6, 6.07) is 2.28. The largest absolute Gasteiger partial charge is 0.338 e. The van der Waals surface area contributed by atoms with Crippen molar-refractivity contribution in [2.75, 3.05) is 19.6 Å². The lowest BCUT2D eigenvalue weighted by molar-refractivity contribution is 0.181. The highest BCUT2D eigenvalue weighted by molar-refractivity contribution is 7.07. The predicted octanol–water partition coefficient (Wildman–Crippen LogP) is 3.23. The van der Waals surface area contributed by atoms with Crippen LogP contribution in [-0.2, 0) is 13.5 Å². The molecule has 3 rings (SSSR count). The summed E-state index contributed by atoms with van der Waals surface area (Å²) in [6.45, 7) is 6.46. The minimum absolute atomic E-state index is 0.0676. The lowest BCUT2D eigenvalue weighted by atomic mass is 9.91. The van der Waals surface area contributed by atoms with Gasteiger partial charge in [0.2, 0.25) is 0 Å². The maximum absolute atomic E-state index is 12.4. The van der Waals surface area contributed by atoms with Crippen molar-refractivity contribution in [3.8, 4) is 0 Å². The van der Waals surface area contributed by atoms with Gasteiger partial charge in [-0.05, 0) is 67.0 Å². The second kappa shape index (κ2) is 7.38. The molecule has 0 spiro atoms. The highest BCUT2D eigenvalue weighted by Crippen LogP contribution is 2.29. The van der Waals surface area contributed by atoms with E-state index in [9.17, 15) is 4.79 Å². The molecule has 1 N–H and O–H groups in total. The Hall–Kier alpha value is -1.82. The molecule has 1 aliphatic rings. The minimum Gasteiger partial charge on any atom is -0.338 e. The maximum atomic E-state index is 12.4. The van der Waals surface area contributed by atoms with Crippen LogP contribution in [0.3, 0.4) is 0 Å². The fourth-order valence-corrected chi connectivity index (χ4v) is 4.25. The number of piperidine rings is 1. The van der Waals surface area contributed by atoms with Crippen LogP contribution in [-0.4, -0.2) is 40.3 Å². The van der Waals surface area contributed by atoms with Gasteiger partial charge in [-0.3, -0.25) is 4.68 Å². The smallest absolute Gasteiger partial charge is 0.317 e. The minimum atomic E-state index is 0.0676. The SMILES string of the molecule is Cc1nn(C)c(C)c1CCNC(=O)N1CCC(c2ccsc2)CC1. The average molecular weight is 347 g/mol. The first-order valence-corrected chi connectivity index (χ1v) is 9.54. The number of nitrogens with one attached hydrogen (secondary N) is 1. The van der Waals surface area contributed by atoms with Gasteiger partial charge in [0.1, 0.15) is 0 Å². The van der Waals surface area contributed by atoms with Gasteiger partial charge in [-0.15, -0.1) is 0 Å². The summed E-state index contributed by atoms with van der Waals surface area (Å²) in [5, 5.41) is 11.9. The summed E-state index contributed by atoms with van der Waals surface area (Å²) in [5.41, 5.74) is 4.91. The molecule has 2 aromatic rings. The zero-order valence-corrected chi connectivity index (χ0v) is 15.5. The molecule has 0 aromatic carbocycles. The molecule has 0 bridgehead atoms. The number of hydrogen-bond acceptors (Lipinski definition) is 3. The van der Waals surface area contributed by atoms with Gasteiger partial charge in [-0.2, -0.15) is 16.4 Å². The molecule has 6 heteroatoms. The molecule has 2 amide bonds. The number of carbonyl (C=O) groups excluding carboxylic acids is 1. The third-order valence-corrected chi connectivity index (χ3v) is 5.81. The standard InChI is InChI=1S/C18H26N4OS/c1-13-17(14(2)21(3)20-13)4-8-19-18(23)22-9-5-15(6-10-22)16-7-11-24-12-16/h7,11-12,15H,4-6,8-10H2,1-3H3,(H,19,23). The number of hydrogen-bond donors (Lipinski definition) is 1. The van der Waals surface area contributed by atoms with Crippen LogP contribution < -0.4 is 5.32 Å². The number of urea groups is 1. The normalized spacial score (nSPS) is 15.7. The van der Waals surface area contributed by atoms with Crippen LogP contribution in [0.4, 0.5) is 4.79 Å². The van der Waals surface area contributed by atoms with E-state index in [0.29, 0.717) is 12.5 Å². The third-order valence-electron chi connectivity index (χ3n) is 5.11. The van der Waals surface area contributed by atoms with Crippen LogP contribution >= 0.6 is 11.3 Å².